The van der Waals surface area contributed by atoms with Crippen LogP contribution < -0.4 is 0 Å². The van der Waals surface area contributed by atoms with Crippen LogP contribution in [-0.4, -0.2) is 35.9 Å². The van der Waals surface area contributed by atoms with Crippen molar-refractivity contribution < 1.29 is 22.4 Å². The number of rotatable bonds is 6. The zero-order chi connectivity index (χ0) is 7.82. The summed E-state index contributed by atoms with van der Waals surface area (Å²) in [5.74, 6) is 0. The Morgan fingerprint density at radius 3 is 2.70 bits per heavy atom. The van der Waals surface area contributed by atoms with Crippen molar-refractivity contribution in [3.63, 3.8) is 0 Å². The lowest BCUT2D eigenvalue weighted by molar-refractivity contribution is -0.00598. The predicted octanol–water partition coefficient (Wildman–Crippen LogP) is -0.240. The molecule has 0 aliphatic rings. The van der Waals surface area contributed by atoms with Crippen molar-refractivity contribution in [1.82, 2.24) is 0 Å². The smallest absolute Gasteiger partial charge is 0.304 e. The molecule has 1 atom stereocenters. The summed E-state index contributed by atoms with van der Waals surface area (Å²) < 4.78 is 31.3. The predicted molar refractivity (Wildman–Crippen MR) is 34.6 cm³/mol. The fraction of sp³-hybridized carbons (Fsp3) is 1.00. The average molecular weight is 170 g/mol. The first kappa shape index (κ1) is 9.99. The topological polar surface area (TPSA) is 65.0 Å². The highest BCUT2D eigenvalue weighted by molar-refractivity contribution is 7.74. The summed E-state index contributed by atoms with van der Waals surface area (Å²) in [6.07, 6.45) is 0. The van der Waals surface area contributed by atoms with E-state index in [2.05, 4.69) is 13.7 Å². The van der Waals surface area contributed by atoms with E-state index in [9.17, 15) is 4.21 Å². The Morgan fingerprint density at radius 1 is 1.50 bits per heavy atom. The summed E-state index contributed by atoms with van der Waals surface area (Å²) >= 11 is -2.24. The molecule has 0 heterocycles. The highest BCUT2D eigenvalue weighted by Crippen LogP contribution is 1.81. The van der Waals surface area contributed by atoms with Crippen LogP contribution in [0.25, 0.3) is 0 Å². The maximum absolute atomic E-state index is 9.81. The fourth-order valence-corrected chi connectivity index (χ4v) is 0.427. The molecule has 1 N–H and O–H groups in total. The Hall–Kier alpha value is -0.0100. The van der Waals surface area contributed by atoms with Crippen molar-refractivity contribution in [2.45, 2.75) is 0 Å². The average Bonchev–Trinajstić information content (AvgIpc) is 1.87. The van der Waals surface area contributed by atoms with Gasteiger partial charge in [0.2, 0.25) is 0 Å². The molecule has 0 bridgehead atoms. The van der Waals surface area contributed by atoms with Crippen LogP contribution in [0.2, 0.25) is 0 Å². The van der Waals surface area contributed by atoms with E-state index in [0.29, 0.717) is 13.2 Å². The van der Waals surface area contributed by atoms with Gasteiger partial charge in [0.25, 0.3) is 0 Å². The van der Waals surface area contributed by atoms with Crippen LogP contribution in [0.3, 0.4) is 0 Å². The van der Waals surface area contributed by atoms with Crippen molar-refractivity contribution in [3.05, 3.63) is 0 Å². The molecule has 0 saturated carbocycles. The minimum atomic E-state index is -2.24. The van der Waals surface area contributed by atoms with E-state index in [-0.39, 0.29) is 6.79 Å². The Labute approximate surface area is 61.8 Å². The Morgan fingerprint density at radius 2 is 2.20 bits per heavy atom. The minimum Gasteiger partial charge on any atom is -0.382 e. The number of methoxy groups -OCH3 is 1. The molecule has 0 spiro atoms. The third-order valence-corrected chi connectivity index (χ3v) is 0.962. The van der Waals surface area contributed by atoms with Crippen LogP contribution in [0.4, 0.5) is 0 Å². The minimum absolute atomic E-state index is 0.188. The molecule has 0 saturated heterocycles. The summed E-state index contributed by atoms with van der Waals surface area (Å²) in [7, 11) is 1.54. The molecule has 0 aromatic heterocycles. The lowest BCUT2D eigenvalue weighted by Crippen LogP contribution is -2.06. The molecule has 10 heavy (non-hydrogen) atoms. The molecule has 0 rings (SSSR count). The molecule has 0 radical (unpaired) electrons. The monoisotopic (exact) mass is 170 g/mol. The Balaban J connectivity index is 2.84. The molecule has 0 aromatic carbocycles. The van der Waals surface area contributed by atoms with Crippen molar-refractivity contribution in [2.75, 3.05) is 27.1 Å². The van der Waals surface area contributed by atoms with Crippen LogP contribution in [0.5, 0.6) is 0 Å². The van der Waals surface area contributed by atoms with Gasteiger partial charge in [-0.1, -0.05) is 0 Å². The molecule has 0 aliphatic heterocycles. The molecule has 0 amide bonds. The molecule has 5 nitrogen and oxygen atoms in total. The van der Waals surface area contributed by atoms with E-state index in [4.69, 9.17) is 4.55 Å². The Bertz CT molecular complexity index is 95.6. The summed E-state index contributed by atoms with van der Waals surface area (Å²) in [4.78, 5) is 0. The number of ether oxygens (including phenoxy) is 2. The van der Waals surface area contributed by atoms with Gasteiger partial charge in [0, 0.05) is 7.11 Å². The third-order valence-electron chi connectivity index (χ3n) is 0.664. The fourth-order valence-electron chi connectivity index (χ4n) is 0.276. The van der Waals surface area contributed by atoms with Crippen LogP contribution in [0.1, 0.15) is 0 Å². The van der Waals surface area contributed by atoms with E-state index in [1.54, 1.807) is 0 Å². The molecular weight excluding hydrogens is 160 g/mol. The first-order chi connectivity index (χ1) is 4.77. The normalized spacial score (nSPS) is 13.4. The quantitative estimate of drug-likeness (QED) is 0.338. The van der Waals surface area contributed by atoms with Gasteiger partial charge in [0.15, 0.2) is 6.79 Å². The second kappa shape index (κ2) is 7.10. The Kier molecular flexibility index (Phi) is 7.09. The molecule has 62 valence electrons. The van der Waals surface area contributed by atoms with Gasteiger partial charge in [-0.3, -0.25) is 4.55 Å². The SMILES string of the molecule is COCCOCOS(=O)O. The largest absolute Gasteiger partial charge is 0.382 e. The van der Waals surface area contributed by atoms with Gasteiger partial charge in [-0.25, -0.2) is 4.18 Å². The maximum Gasteiger partial charge on any atom is 0.304 e. The highest BCUT2D eigenvalue weighted by atomic mass is 32.2. The van der Waals surface area contributed by atoms with E-state index in [1.807, 2.05) is 0 Å². The second-order valence-corrected chi connectivity index (χ2v) is 2.02. The number of hydrogen-bond donors (Lipinski definition) is 1. The van der Waals surface area contributed by atoms with Gasteiger partial charge in [-0.05, 0) is 0 Å². The molecule has 0 fully saturated rings. The van der Waals surface area contributed by atoms with Crippen molar-refractivity contribution >= 4 is 11.4 Å². The summed E-state index contributed by atoms with van der Waals surface area (Å²) in [5.41, 5.74) is 0. The lowest BCUT2D eigenvalue weighted by Gasteiger charge is -1.99. The highest BCUT2D eigenvalue weighted by Gasteiger charge is 1.91. The standard InChI is InChI=1S/C4H10O5S/c1-7-2-3-8-4-9-10(5)6/h2-4H2,1H3,(H,5,6). The lowest BCUT2D eigenvalue weighted by atomic mass is 10.8. The van der Waals surface area contributed by atoms with Crippen molar-refractivity contribution in [2.24, 2.45) is 0 Å². The summed E-state index contributed by atoms with van der Waals surface area (Å²) in [6, 6.07) is 0. The second-order valence-electron chi connectivity index (χ2n) is 1.35. The summed E-state index contributed by atoms with van der Waals surface area (Å²) in [6.45, 7) is 0.613. The zero-order valence-corrected chi connectivity index (χ0v) is 6.43. The van der Waals surface area contributed by atoms with E-state index in [0.717, 1.165) is 0 Å². The summed E-state index contributed by atoms with van der Waals surface area (Å²) in [5, 5.41) is 0. The molecule has 1 unspecified atom stereocenters. The zero-order valence-electron chi connectivity index (χ0n) is 5.61. The molecule has 0 aliphatic carbocycles. The van der Waals surface area contributed by atoms with Gasteiger partial charge in [0.05, 0.1) is 13.2 Å². The third kappa shape index (κ3) is 7.99. The van der Waals surface area contributed by atoms with E-state index in [1.165, 1.54) is 7.11 Å². The van der Waals surface area contributed by atoms with E-state index >= 15 is 0 Å². The van der Waals surface area contributed by atoms with Crippen LogP contribution in [0, 0.1) is 0 Å². The number of hydrogen-bond acceptors (Lipinski definition) is 4. The van der Waals surface area contributed by atoms with Gasteiger partial charge < -0.3 is 9.47 Å². The van der Waals surface area contributed by atoms with E-state index < -0.39 is 11.4 Å². The van der Waals surface area contributed by atoms with Crippen LogP contribution >= 0.6 is 0 Å². The van der Waals surface area contributed by atoms with Crippen LogP contribution in [0.15, 0.2) is 0 Å². The molecule has 6 heteroatoms. The molecule has 0 aromatic rings. The van der Waals surface area contributed by atoms with Crippen molar-refractivity contribution in [1.29, 1.82) is 0 Å². The van der Waals surface area contributed by atoms with Crippen LogP contribution in [-0.2, 0) is 25.0 Å². The maximum atomic E-state index is 9.81. The first-order valence-electron chi connectivity index (χ1n) is 2.58. The first-order valence-corrected chi connectivity index (χ1v) is 3.61. The van der Waals surface area contributed by atoms with Crippen molar-refractivity contribution in [3.8, 4) is 0 Å². The molecular formula is C4H10O5S. The van der Waals surface area contributed by atoms with Gasteiger partial charge >= 0.3 is 11.4 Å². The van der Waals surface area contributed by atoms with Gasteiger partial charge in [-0.15, -0.1) is 0 Å². The van der Waals surface area contributed by atoms with Gasteiger partial charge in [0.1, 0.15) is 0 Å². The van der Waals surface area contributed by atoms with Gasteiger partial charge in [-0.2, -0.15) is 4.21 Å².